The van der Waals surface area contributed by atoms with Crippen molar-refractivity contribution in [2.75, 3.05) is 11.1 Å². The van der Waals surface area contributed by atoms with Crippen LogP contribution < -0.4 is 15.8 Å². The van der Waals surface area contributed by atoms with E-state index in [-0.39, 0.29) is 23.1 Å². The van der Waals surface area contributed by atoms with E-state index in [1.807, 2.05) is 24.3 Å². The number of ether oxygens (including phenoxy) is 1. The minimum Gasteiger partial charge on any atom is -0.435 e. The predicted octanol–water partition coefficient (Wildman–Crippen LogP) is 4.42. The van der Waals surface area contributed by atoms with E-state index in [0.717, 1.165) is 17.5 Å². The summed E-state index contributed by atoms with van der Waals surface area (Å²) in [5, 5.41) is 3.73. The third-order valence-corrected chi connectivity index (χ3v) is 3.83. The van der Waals surface area contributed by atoms with E-state index in [9.17, 15) is 8.78 Å². The van der Waals surface area contributed by atoms with Crippen molar-refractivity contribution in [1.82, 2.24) is 15.0 Å². The Bertz CT molecular complexity index is 1130. The van der Waals surface area contributed by atoms with E-state index < -0.39 is 11.6 Å². The number of para-hydroxylation sites is 1. The van der Waals surface area contributed by atoms with Gasteiger partial charge in [0.2, 0.25) is 5.88 Å². The van der Waals surface area contributed by atoms with Crippen molar-refractivity contribution in [3.63, 3.8) is 0 Å². The van der Waals surface area contributed by atoms with Crippen molar-refractivity contribution in [2.24, 2.45) is 0 Å². The van der Waals surface area contributed by atoms with E-state index in [1.165, 1.54) is 12.4 Å². The van der Waals surface area contributed by atoms with Crippen LogP contribution in [0, 0.1) is 11.6 Å². The molecule has 2 aromatic carbocycles. The van der Waals surface area contributed by atoms with Gasteiger partial charge in [-0.2, -0.15) is 4.98 Å². The number of pyridine rings is 1. The first-order chi connectivity index (χ1) is 13.1. The summed E-state index contributed by atoms with van der Waals surface area (Å²) in [5.74, 6) is -1.11. The largest absolute Gasteiger partial charge is 0.435 e. The average Bonchev–Trinajstić information content (AvgIpc) is 2.68. The number of anilines is 3. The van der Waals surface area contributed by atoms with Gasteiger partial charge < -0.3 is 15.8 Å². The highest BCUT2D eigenvalue weighted by molar-refractivity contribution is 5.84. The molecule has 8 heteroatoms. The molecule has 0 amide bonds. The number of nitrogens with two attached hydrogens (primary N) is 1. The third-order valence-electron chi connectivity index (χ3n) is 3.83. The summed E-state index contributed by atoms with van der Waals surface area (Å²) in [6, 6.07) is 12.6. The molecule has 0 spiro atoms. The number of nitrogens with one attached hydrogen (secondary N) is 1. The van der Waals surface area contributed by atoms with Crippen molar-refractivity contribution in [2.45, 2.75) is 0 Å². The van der Waals surface area contributed by atoms with Gasteiger partial charge in [0.1, 0.15) is 17.5 Å². The van der Waals surface area contributed by atoms with Crippen molar-refractivity contribution in [3.05, 3.63) is 72.7 Å². The second kappa shape index (κ2) is 6.83. The smallest absolute Gasteiger partial charge is 0.248 e. The van der Waals surface area contributed by atoms with Crippen molar-refractivity contribution < 1.29 is 13.5 Å². The molecule has 4 rings (SSSR count). The maximum absolute atomic E-state index is 13.4. The molecule has 0 bridgehead atoms. The van der Waals surface area contributed by atoms with Crippen LogP contribution >= 0.6 is 0 Å². The number of rotatable bonds is 4. The quantitative estimate of drug-likeness (QED) is 0.557. The molecule has 0 saturated heterocycles. The topological polar surface area (TPSA) is 86.0 Å². The van der Waals surface area contributed by atoms with Crippen LogP contribution in [-0.4, -0.2) is 15.0 Å². The molecule has 0 fully saturated rings. The monoisotopic (exact) mass is 365 g/mol. The Morgan fingerprint density at radius 3 is 2.63 bits per heavy atom. The zero-order valence-corrected chi connectivity index (χ0v) is 13.9. The molecule has 0 unspecified atom stereocenters. The molecule has 3 N–H and O–H groups in total. The van der Waals surface area contributed by atoms with Gasteiger partial charge in [0.15, 0.2) is 23.2 Å². The van der Waals surface area contributed by atoms with E-state index in [1.54, 1.807) is 12.3 Å². The minimum atomic E-state index is -0.981. The number of nitrogen functional groups attached to an aromatic ring is 1. The van der Waals surface area contributed by atoms with Crippen LogP contribution in [0.4, 0.5) is 26.0 Å². The van der Waals surface area contributed by atoms with E-state index >= 15 is 0 Å². The number of benzene rings is 2. The van der Waals surface area contributed by atoms with Crippen molar-refractivity contribution in [3.8, 4) is 11.6 Å². The lowest BCUT2D eigenvalue weighted by Gasteiger charge is -2.12. The molecule has 4 aromatic rings. The first-order valence-corrected chi connectivity index (χ1v) is 7.96. The molecule has 0 aliphatic carbocycles. The molecule has 2 aromatic heterocycles. The normalized spacial score (nSPS) is 10.7. The predicted molar refractivity (Wildman–Crippen MR) is 97.9 cm³/mol. The molecule has 6 nitrogen and oxygen atoms in total. The summed E-state index contributed by atoms with van der Waals surface area (Å²) in [5.41, 5.74) is 7.16. The molecule has 134 valence electrons. The Labute approximate surface area is 152 Å². The maximum atomic E-state index is 13.4. The summed E-state index contributed by atoms with van der Waals surface area (Å²) < 4.78 is 32.3. The number of nitrogens with zero attached hydrogens (tertiary/aromatic N) is 3. The van der Waals surface area contributed by atoms with Gasteiger partial charge in [0.05, 0.1) is 0 Å². The molecule has 0 aliphatic rings. The Morgan fingerprint density at radius 1 is 0.926 bits per heavy atom. The lowest BCUT2D eigenvalue weighted by molar-refractivity contribution is 0.469. The van der Waals surface area contributed by atoms with Crippen molar-refractivity contribution in [1.29, 1.82) is 0 Å². The third kappa shape index (κ3) is 3.32. The molecule has 0 saturated carbocycles. The zero-order chi connectivity index (χ0) is 18.8. The summed E-state index contributed by atoms with van der Waals surface area (Å²) in [7, 11) is 0. The number of hydrogen-bond donors (Lipinski definition) is 2. The maximum Gasteiger partial charge on any atom is 0.248 e. The van der Waals surface area contributed by atoms with Gasteiger partial charge in [-0.15, -0.1) is 0 Å². The molecular weight excluding hydrogens is 352 g/mol. The van der Waals surface area contributed by atoms with Gasteiger partial charge in [-0.1, -0.05) is 18.2 Å². The zero-order valence-electron chi connectivity index (χ0n) is 13.9. The first kappa shape index (κ1) is 16.6. The van der Waals surface area contributed by atoms with Crippen molar-refractivity contribution >= 4 is 28.1 Å². The van der Waals surface area contributed by atoms with Crippen LogP contribution in [-0.2, 0) is 0 Å². The number of halogens is 2. The molecule has 2 heterocycles. The minimum absolute atomic E-state index is 0.119. The average molecular weight is 365 g/mol. The SMILES string of the molecule is Nc1c(Nc2ccc(F)c(F)c2)ncnc1Oc1cccc2cccnc12. The Hall–Kier alpha value is -3.81. The summed E-state index contributed by atoms with van der Waals surface area (Å²) >= 11 is 0. The van der Waals surface area contributed by atoms with Gasteiger partial charge in [-0.05, 0) is 24.3 Å². The van der Waals surface area contributed by atoms with Crippen LogP contribution in [0.2, 0.25) is 0 Å². The highest BCUT2D eigenvalue weighted by atomic mass is 19.2. The van der Waals surface area contributed by atoms with E-state index in [0.29, 0.717) is 11.3 Å². The Morgan fingerprint density at radius 2 is 1.78 bits per heavy atom. The molecule has 27 heavy (non-hydrogen) atoms. The highest BCUT2D eigenvalue weighted by Gasteiger charge is 2.13. The lowest BCUT2D eigenvalue weighted by atomic mass is 10.2. The summed E-state index contributed by atoms with van der Waals surface area (Å²) in [4.78, 5) is 12.4. The van der Waals surface area contributed by atoms with Gasteiger partial charge >= 0.3 is 0 Å². The van der Waals surface area contributed by atoms with Gasteiger partial charge in [-0.3, -0.25) is 4.98 Å². The van der Waals surface area contributed by atoms with Crippen LogP contribution in [0.3, 0.4) is 0 Å². The molecule has 0 radical (unpaired) electrons. The molecular formula is C19H13F2N5O. The second-order valence-electron chi connectivity index (χ2n) is 5.63. The van der Waals surface area contributed by atoms with Crippen LogP contribution in [0.5, 0.6) is 11.6 Å². The van der Waals surface area contributed by atoms with Gasteiger partial charge in [0.25, 0.3) is 0 Å². The van der Waals surface area contributed by atoms with Crippen LogP contribution in [0.1, 0.15) is 0 Å². The van der Waals surface area contributed by atoms with Crippen LogP contribution in [0.15, 0.2) is 61.1 Å². The van der Waals surface area contributed by atoms with Gasteiger partial charge in [-0.25, -0.2) is 13.8 Å². The fourth-order valence-electron chi connectivity index (χ4n) is 2.53. The first-order valence-electron chi connectivity index (χ1n) is 7.96. The number of fused-ring (bicyclic) bond motifs is 1. The fraction of sp³-hybridized carbons (Fsp3) is 0. The molecule has 0 aliphatic heterocycles. The summed E-state index contributed by atoms with van der Waals surface area (Å²) in [6.07, 6.45) is 2.92. The number of aromatic nitrogens is 3. The Balaban J connectivity index is 1.66. The fourth-order valence-corrected chi connectivity index (χ4v) is 2.53. The van der Waals surface area contributed by atoms with E-state index in [2.05, 4.69) is 20.3 Å². The van der Waals surface area contributed by atoms with Crippen LogP contribution in [0.25, 0.3) is 10.9 Å². The second-order valence-corrected chi connectivity index (χ2v) is 5.63. The lowest BCUT2D eigenvalue weighted by Crippen LogP contribution is -2.03. The van der Waals surface area contributed by atoms with Gasteiger partial charge in [0, 0.05) is 23.3 Å². The molecule has 0 atom stereocenters. The van der Waals surface area contributed by atoms with E-state index in [4.69, 9.17) is 10.5 Å². The highest BCUT2D eigenvalue weighted by Crippen LogP contribution is 2.33. The standard InChI is InChI=1S/C19H13F2N5O/c20-13-7-6-12(9-14(13)21)26-18-16(22)19(25-10-24-18)27-15-5-1-3-11-4-2-8-23-17(11)15/h1-10H,22H2,(H,24,25,26). The Kier molecular flexibility index (Phi) is 4.21. The summed E-state index contributed by atoms with van der Waals surface area (Å²) in [6.45, 7) is 0. The number of hydrogen-bond acceptors (Lipinski definition) is 6.